The van der Waals surface area contributed by atoms with Crippen LogP contribution in [0.2, 0.25) is 65.0 Å². The Bertz CT molecular complexity index is 681. The Morgan fingerprint density at radius 1 is 0.629 bits per heavy atom. The van der Waals surface area contributed by atoms with Crippen LogP contribution in [0.4, 0.5) is 0 Å². The molecule has 0 aliphatic heterocycles. The van der Waals surface area contributed by atoms with Crippen LogP contribution in [-0.2, 0) is 40.9 Å². The third-order valence-corrected chi connectivity index (χ3v) is 15.8. The second-order valence-electron chi connectivity index (χ2n) is 11.3. The van der Waals surface area contributed by atoms with Crippen LogP contribution in [0.25, 0.3) is 0 Å². The Labute approximate surface area is 215 Å². The number of hydrogen-bond acceptors (Lipinski definition) is 9. The zero-order valence-electron chi connectivity index (χ0n) is 23.3. The average Bonchev–Trinajstić information content (AvgIpc) is 2.62. The van der Waals surface area contributed by atoms with Crippen molar-refractivity contribution in [1.82, 2.24) is 0 Å². The summed E-state index contributed by atoms with van der Waals surface area (Å²) in [6.07, 6.45) is 0.354. The molecule has 35 heavy (non-hydrogen) atoms. The van der Waals surface area contributed by atoms with Crippen molar-refractivity contribution in [3.8, 4) is 0 Å². The molecule has 0 aromatic heterocycles. The molecule has 0 bridgehead atoms. The summed E-state index contributed by atoms with van der Waals surface area (Å²) in [5, 5.41) is 0. The molecule has 0 amide bonds. The van der Waals surface area contributed by atoms with E-state index in [0.717, 1.165) is 0 Å². The van der Waals surface area contributed by atoms with Gasteiger partial charge in [-0.1, -0.05) is 6.58 Å². The summed E-state index contributed by atoms with van der Waals surface area (Å²) in [6, 6.07) is 0.573. The largest absolute Gasteiger partial charge is 0.469 e. The van der Waals surface area contributed by atoms with Gasteiger partial charge in [0.05, 0.1) is 19.4 Å². The fourth-order valence-electron chi connectivity index (χ4n) is 2.85. The number of carbonyl (C=O) groups excluding carboxylic acids is 3. The molecule has 0 saturated heterocycles. The molecule has 0 unspecified atom stereocenters. The number of rotatable bonds is 17. The monoisotopic (exact) mass is 566 g/mol. The molecule has 0 radical (unpaired) electrons. The van der Waals surface area contributed by atoms with Crippen LogP contribution >= 0.6 is 0 Å². The molecule has 0 spiro atoms. The van der Waals surface area contributed by atoms with E-state index in [1.165, 1.54) is 6.92 Å². The topological polar surface area (TPSA) is 107 Å². The molecular formula is C22H46O9Si4. The first-order valence-electron chi connectivity index (χ1n) is 12.0. The predicted octanol–water partition coefficient (Wildman–Crippen LogP) is 4.86. The lowest BCUT2D eigenvalue weighted by Gasteiger charge is -2.42. The first kappa shape index (κ1) is 33.9. The van der Waals surface area contributed by atoms with Crippen LogP contribution in [-0.4, -0.2) is 71.5 Å². The Balaban J connectivity index is 4.68. The summed E-state index contributed by atoms with van der Waals surface area (Å²) >= 11 is 0. The lowest BCUT2D eigenvalue weighted by Crippen LogP contribution is -2.60. The van der Waals surface area contributed by atoms with E-state index >= 15 is 0 Å². The van der Waals surface area contributed by atoms with Crippen molar-refractivity contribution in [3.63, 3.8) is 0 Å². The van der Waals surface area contributed by atoms with E-state index in [2.05, 4.69) is 65.5 Å². The molecular weight excluding hydrogens is 521 g/mol. The molecule has 13 heteroatoms. The van der Waals surface area contributed by atoms with Crippen molar-refractivity contribution >= 4 is 51.7 Å². The van der Waals surface area contributed by atoms with Crippen LogP contribution in [0.1, 0.15) is 26.2 Å². The van der Waals surface area contributed by atoms with Gasteiger partial charge in [-0.25, -0.2) is 4.79 Å². The molecule has 0 saturated carbocycles. The fraction of sp³-hybridized carbons (Fsp3) is 0.773. The second kappa shape index (κ2) is 14.6. The van der Waals surface area contributed by atoms with E-state index in [4.69, 9.17) is 26.6 Å². The molecule has 0 heterocycles. The van der Waals surface area contributed by atoms with E-state index in [1.54, 1.807) is 0 Å². The molecule has 0 atom stereocenters. The van der Waals surface area contributed by atoms with Gasteiger partial charge in [0.25, 0.3) is 0 Å². The molecule has 0 aromatic carbocycles. The maximum absolute atomic E-state index is 12.1. The molecule has 0 rings (SSSR count). The first-order valence-corrected chi connectivity index (χ1v) is 24.1. The van der Waals surface area contributed by atoms with Crippen LogP contribution in [0, 0.1) is 0 Å². The van der Waals surface area contributed by atoms with Gasteiger partial charge in [0, 0.05) is 11.6 Å². The average molecular weight is 567 g/mol. The van der Waals surface area contributed by atoms with Crippen molar-refractivity contribution in [3.05, 3.63) is 12.2 Å². The SMILES string of the molecule is C=C(C)C(=O)OCCOC(=O)CCC(=O)OCCC[Si](O[Si](C)(C)C)(O[Si](C)(C)C)O[Si](C)(C)C. The van der Waals surface area contributed by atoms with E-state index in [9.17, 15) is 14.4 Å². The van der Waals surface area contributed by atoms with E-state index in [-0.39, 0.29) is 38.2 Å². The van der Waals surface area contributed by atoms with Gasteiger partial charge in [0.1, 0.15) is 13.2 Å². The summed E-state index contributed by atoms with van der Waals surface area (Å²) in [5.74, 6) is -1.58. The van der Waals surface area contributed by atoms with Crippen molar-refractivity contribution in [1.29, 1.82) is 0 Å². The standard InChI is InChI=1S/C22H46O9Si4/c1-19(2)22(25)28-17-16-27-21(24)14-13-20(23)26-15-12-18-35(29-32(3,4)5,30-33(6,7)8)31-34(9,10)11/h1,12-18H2,2-11H3. The second-order valence-corrected chi connectivity index (χ2v) is 28.3. The number of esters is 3. The Hall–Kier alpha value is -1.10. The molecule has 204 valence electrons. The minimum absolute atomic E-state index is 0.0635. The van der Waals surface area contributed by atoms with Crippen LogP contribution < -0.4 is 0 Å². The van der Waals surface area contributed by atoms with Crippen LogP contribution in [0.5, 0.6) is 0 Å². The van der Waals surface area contributed by atoms with Crippen molar-refractivity contribution < 1.29 is 40.9 Å². The normalized spacial score (nSPS) is 12.7. The highest BCUT2D eigenvalue weighted by molar-refractivity contribution is 6.90. The fourth-order valence-corrected chi connectivity index (χ4v) is 17.5. The van der Waals surface area contributed by atoms with Gasteiger partial charge in [-0.3, -0.25) is 9.59 Å². The molecule has 0 aliphatic rings. The third kappa shape index (κ3) is 18.8. The molecule has 9 nitrogen and oxygen atoms in total. The van der Waals surface area contributed by atoms with Crippen molar-refractivity contribution in [2.24, 2.45) is 0 Å². The number of hydrogen-bond donors (Lipinski definition) is 0. The smallest absolute Gasteiger partial charge is 0.466 e. The van der Waals surface area contributed by atoms with Gasteiger partial charge in [-0.15, -0.1) is 0 Å². The molecule has 0 aliphatic carbocycles. The summed E-state index contributed by atoms with van der Waals surface area (Å²) in [7, 11) is -8.85. The van der Waals surface area contributed by atoms with Crippen LogP contribution in [0.3, 0.4) is 0 Å². The van der Waals surface area contributed by atoms with E-state index in [0.29, 0.717) is 12.5 Å². The summed E-state index contributed by atoms with van der Waals surface area (Å²) in [4.78, 5) is 35.1. The minimum Gasteiger partial charge on any atom is -0.466 e. The van der Waals surface area contributed by atoms with Gasteiger partial charge < -0.3 is 26.6 Å². The lowest BCUT2D eigenvalue weighted by atomic mass is 10.3. The van der Waals surface area contributed by atoms with Gasteiger partial charge in [-0.05, 0) is 72.3 Å². The van der Waals surface area contributed by atoms with Gasteiger partial charge in [0.2, 0.25) is 0 Å². The molecule has 0 aromatic rings. The Morgan fingerprint density at radius 3 is 1.37 bits per heavy atom. The molecule has 0 fully saturated rings. The first-order chi connectivity index (χ1) is 15.7. The summed E-state index contributed by atoms with van der Waals surface area (Å²) in [5.41, 5.74) is 0.269. The maximum atomic E-state index is 12.1. The van der Waals surface area contributed by atoms with Crippen molar-refractivity contribution in [2.75, 3.05) is 19.8 Å². The Morgan fingerprint density at radius 2 is 1.00 bits per heavy atom. The minimum atomic E-state index is -2.97. The lowest BCUT2D eigenvalue weighted by molar-refractivity contribution is -0.153. The third-order valence-electron chi connectivity index (χ3n) is 3.74. The van der Waals surface area contributed by atoms with E-state index in [1.807, 2.05) is 0 Å². The number of carbonyl (C=O) groups is 3. The Kier molecular flexibility index (Phi) is 14.1. The van der Waals surface area contributed by atoms with Crippen molar-refractivity contribution in [2.45, 2.75) is 91.2 Å². The number of ether oxygens (including phenoxy) is 3. The zero-order chi connectivity index (χ0) is 27.5. The van der Waals surface area contributed by atoms with Gasteiger partial charge in [0.15, 0.2) is 25.0 Å². The summed E-state index contributed by atoms with van der Waals surface area (Å²) in [6.45, 7) is 24.2. The van der Waals surface area contributed by atoms with E-state index < -0.39 is 51.7 Å². The highest BCUT2D eigenvalue weighted by atomic mass is 28.5. The van der Waals surface area contributed by atoms with Crippen LogP contribution in [0.15, 0.2) is 12.2 Å². The predicted molar refractivity (Wildman–Crippen MR) is 145 cm³/mol. The highest BCUT2D eigenvalue weighted by Crippen LogP contribution is 2.29. The van der Waals surface area contributed by atoms with Gasteiger partial charge >= 0.3 is 26.7 Å². The maximum Gasteiger partial charge on any atom is 0.469 e. The molecule has 0 N–H and O–H groups in total. The summed E-state index contributed by atoms with van der Waals surface area (Å²) < 4.78 is 34.9. The zero-order valence-corrected chi connectivity index (χ0v) is 27.3. The quantitative estimate of drug-likeness (QED) is 0.0802. The van der Waals surface area contributed by atoms with Gasteiger partial charge in [-0.2, -0.15) is 0 Å². The highest BCUT2D eigenvalue weighted by Gasteiger charge is 2.49.